The van der Waals surface area contributed by atoms with Gasteiger partial charge in [0.15, 0.2) is 0 Å². The fourth-order valence-electron chi connectivity index (χ4n) is 1.24. The predicted octanol–water partition coefficient (Wildman–Crippen LogP) is 0.845. The molecule has 0 bridgehead atoms. The minimum atomic E-state index is -0.627. The Balaban J connectivity index is 2.64. The number of aromatic hydroxyl groups is 2. The summed E-state index contributed by atoms with van der Waals surface area (Å²) in [5.41, 5.74) is 0.0683. The van der Waals surface area contributed by atoms with Crippen molar-refractivity contribution in [2.24, 2.45) is 5.92 Å². The molecule has 5 nitrogen and oxygen atoms in total. The van der Waals surface area contributed by atoms with Crippen molar-refractivity contribution >= 4 is 5.91 Å². The summed E-state index contributed by atoms with van der Waals surface area (Å²) < 4.78 is 0. The van der Waals surface area contributed by atoms with Crippen LogP contribution >= 0.6 is 0 Å². The highest BCUT2D eigenvalue weighted by atomic mass is 16.3. The molecule has 0 spiro atoms. The molecule has 0 heterocycles. The molecule has 1 unspecified atom stereocenters. The summed E-state index contributed by atoms with van der Waals surface area (Å²) in [4.78, 5) is 11.6. The molecule has 0 fully saturated rings. The third kappa shape index (κ3) is 3.64. The van der Waals surface area contributed by atoms with E-state index in [0.717, 1.165) is 6.07 Å². The van der Waals surface area contributed by atoms with Crippen molar-refractivity contribution in [3.63, 3.8) is 0 Å². The lowest BCUT2D eigenvalue weighted by Gasteiger charge is -2.15. The summed E-state index contributed by atoms with van der Waals surface area (Å²) in [5, 5.41) is 30.6. The predicted molar refractivity (Wildman–Crippen MR) is 62.9 cm³/mol. The SMILES string of the molecule is CC(C)C(O)CNC(=O)c1ccc(O)cc1O. The van der Waals surface area contributed by atoms with Crippen LogP contribution in [0.2, 0.25) is 0 Å². The van der Waals surface area contributed by atoms with Crippen molar-refractivity contribution in [2.45, 2.75) is 20.0 Å². The summed E-state index contributed by atoms with van der Waals surface area (Å²) in [6.45, 7) is 3.81. The van der Waals surface area contributed by atoms with Gasteiger partial charge in [-0.2, -0.15) is 0 Å². The second kappa shape index (κ2) is 5.54. The fraction of sp³-hybridized carbons (Fsp3) is 0.417. The topological polar surface area (TPSA) is 89.8 Å². The van der Waals surface area contributed by atoms with E-state index in [1.54, 1.807) is 0 Å². The molecule has 1 aromatic carbocycles. The maximum atomic E-state index is 11.6. The zero-order chi connectivity index (χ0) is 13.0. The number of amides is 1. The molecule has 0 saturated heterocycles. The van der Waals surface area contributed by atoms with E-state index in [2.05, 4.69) is 5.32 Å². The van der Waals surface area contributed by atoms with Gasteiger partial charge in [0.25, 0.3) is 5.91 Å². The first-order valence-corrected chi connectivity index (χ1v) is 5.40. The van der Waals surface area contributed by atoms with Crippen molar-refractivity contribution < 1.29 is 20.1 Å². The number of hydrogen-bond donors (Lipinski definition) is 4. The number of carbonyl (C=O) groups excluding carboxylic acids is 1. The highest BCUT2D eigenvalue weighted by Crippen LogP contribution is 2.22. The molecule has 1 rings (SSSR count). The smallest absolute Gasteiger partial charge is 0.255 e. The standard InChI is InChI=1S/C12H17NO4/c1-7(2)11(16)6-13-12(17)9-4-3-8(14)5-10(9)15/h3-5,7,11,14-16H,6H2,1-2H3,(H,13,17). The molecule has 17 heavy (non-hydrogen) atoms. The number of nitrogens with one attached hydrogen (secondary N) is 1. The number of aliphatic hydroxyl groups is 1. The average molecular weight is 239 g/mol. The molecule has 0 aromatic heterocycles. The Labute approximate surface area is 99.7 Å². The first-order chi connectivity index (χ1) is 7.91. The van der Waals surface area contributed by atoms with Gasteiger partial charge in [0.2, 0.25) is 0 Å². The Hall–Kier alpha value is -1.75. The van der Waals surface area contributed by atoms with E-state index in [4.69, 9.17) is 5.11 Å². The number of phenolic OH excluding ortho intramolecular Hbond substituents is 2. The molecular formula is C12H17NO4. The first kappa shape index (κ1) is 13.3. The summed E-state index contributed by atoms with van der Waals surface area (Å²) in [6.07, 6.45) is -0.627. The summed E-state index contributed by atoms with van der Waals surface area (Å²) in [7, 11) is 0. The van der Waals surface area contributed by atoms with Gasteiger partial charge >= 0.3 is 0 Å². The number of aliphatic hydroxyl groups excluding tert-OH is 1. The zero-order valence-corrected chi connectivity index (χ0v) is 9.84. The van der Waals surface area contributed by atoms with Crippen molar-refractivity contribution in [3.8, 4) is 11.5 Å². The van der Waals surface area contributed by atoms with E-state index < -0.39 is 12.0 Å². The van der Waals surface area contributed by atoms with E-state index in [-0.39, 0.29) is 29.5 Å². The Morgan fingerprint density at radius 3 is 2.53 bits per heavy atom. The maximum absolute atomic E-state index is 11.6. The van der Waals surface area contributed by atoms with Crippen LogP contribution in [0.15, 0.2) is 18.2 Å². The Morgan fingerprint density at radius 2 is 2.00 bits per heavy atom. The van der Waals surface area contributed by atoms with E-state index in [1.807, 2.05) is 13.8 Å². The van der Waals surface area contributed by atoms with Crippen LogP contribution in [0, 0.1) is 5.92 Å². The molecule has 0 radical (unpaired) electrons. The Morgan fingerprint density at radius 1 is 1.35 bits per heavy atom. The van der Waals surface area contributed by atoms with Gasteiger partial charge < -0.3 is 20.6 Å². The number of rotatable bonds is 4. The maximum Gasteiger partial charge on any atom is 0.255 e. The molecule has 0 saturated carbocycles. The van der Waals surface area contributed by atoms with Gasteiger partial charge in [-0.15, -0.1) is 0 Å². The van der Waals surface area contributed by atoms with Gasteiger partial charge in [-0.1, -0.05) is 13.8 Å². The van der Waals surface area contributed by atoms with Gasteiger partial charge in [0.05, 0.1) is 11.7 Å². The van der Waals surface area contributed by atoms with Gasteiger partial charge in [-0.05, 0) is 18.1 Å². The van der Waals surface area contributed by atoms with Crippen LogP contribution in [-0.2, 0) is 0 Å². The molecule has 5 heteroatoms. The number of carbonyl (C=O) groups is 1. The lowest BCUT2D eigenvalue weighted by atomic mass is 10.1. The highest BCUT2D eigenvalue weighted by Gasteiger charge is 2.14. The normalized spacial score (nSPS) is 12.5. The molecule has 0 aliphatic rings. The van der Waals surface area contributed by atoms with E-state index >= 15 is 0 Å². The minimum Gasteiger partial charge on any atom is -0.508 e. The third-order valence-corrected chi connectivity index (χ3v) is 2.47. The van der Waals surface area contributed by atoms with Crippen LogP contribution < -0.4 is 5.32 Å². The molecule has 1 atom stereocenters. The molecular weight excluding hydrogens is 222 g/mol. The van der Waals surface area contributed by atoms with Crippen molar-refractivity contribution in [1.82, 2.24) is 5.32 Å². The summed E-state index contributed by atoms with van der Waals surface area (Å²) in [6, 6.07) is 3.73. The Kier molecular flexibility index (Phi) is 4.34. The largest absolute Gasteiger partial charge is 0.508 e. The first-order valence-electron chi connectivity index (χ1n) is 5.40. The molecule has 1 amide bonds. The van der Waals surface area contributed by atoms with Gasteiger partial charge in [0, 0.05) is 12.6 Å². The van der Waals surface area contributed by atoms with Crippen LogP contribution in [0.4, 0.5) is 0 Å². The van der Waals surface area contributed by atoms with Crippen molar-refractivity contribution in [3.05, 3.63) is 23.8 Å². The molecule has 0 aliphatic heterocycles. The van der Waals surface area contributed by atoms with Crippen LogP contribution in [-0.4, -0.2) is 33.9 Å². The van der Waals surface area contributed by atoms with Crippen LogP contribution in [0.1, 0.15) is 24.2 Å². The van der Waals surface area contributed by atoms with Crippen LogP contribution in [0.5, 0.6) is 11.5 Å². The third-order valence-electron chi connectivity index (χ3n) is 2.47. The Bertz CT molecular complexity index is 403. The van der Waals surface area contributed by atoms with E-state index in [9.17, 15) is 15.0 Å². The highest BCUT2D eigenvalue weighted by molar-refractivity contribution is 5.96. The van der Waals surface area contributed by atoms with Gasteiger partial charge in [-0.25, -0.2) is 0 Å². The summed E-state index contributed by atoms with van der Waals surface area (Å²) in [5.74, 6) is -0.839. The monoisotopic (exact) mass is 239 g/mol. The average Bonchev–Trinajstić information content (AvgIpc) is 2.25. The molecule has 1 aromatic rings. The zero-order valence-electron chi connectivity index (χ0n) is 9.84. The van der Waals surface area contributed by atoms with Crippen LogP contribution in [0.3, 0.4) is 0 Å². The quantitative estimate of drug-likeness (QED) is 0.627. The minimum absolute atomic E-state index is 0.0451. The number of hydrogen-bond acceptors (Lipinski definition) is 4. The van der Waals surface area contributed by atoms with Gasteiger partial charge in [0.1, 0.15) is 11.5 Å². The number of phenols is 2. The van der Waals surface area contributed by atoms with E-state index in [0.29, 0.717) is 0 Å². The fourth-order valence-corrected chi connectivity index (χ4v) is 1.24. The lowest BCUT2D eigenvalue weighted by Crippen LogP contribution is -2.34. The van der Waals surface area contributed by atoms with Gasteiger partial charge in [-0.3, -0.25) is 4.79 Å². The molecule has 0 aliphatic carbocycles. The second-order valence-electron chi connectivity index (χ2n) is 4.22. The number of benzene rings is 1. The van der Waals surface area contributed by atoms with E-state index in [1.165, 1.54) is 12.1 Å². The summed E-state index contributed by atoms with van der Waals surface area (Å²) >= 11 is 0. The van der Waals surface area contributed by atoms with Crippen molar-refractivity contribution in [2.75, 3.05) is 6.54 Å². The van der Waals surface area contributed by atoms with Crippen LogP contribution in [0.25, 0.3) is 0 Å². The van der Waals surface area contributed by atoms with Crippen molar-refractivity contribution in [1.29, 1.82) is 0 Å². The molecule has 94 valence electrons. The second-order valence-corrected chi connectivity index (χ2v) is 4.22. The molecule has 4 N–H and O–H groups in total. The lowest BCUT2D eigenvalue weighted by molar-refractivity contribution is 0.0869.